The van der Waals surface area contributed by atoms with Crippen LogP contribution in [0.1, 0.15) is 17.0 Å². The Hall–Kier alpha value is -3.19. The Morgan fingerprint density at radius 1 is 1.03 bits per heavy atom. The van der Waals surface area contributed by atoms with E-state index in [1.54, 1.807) is 11.6 Å². The molecule has 4 rings (SSSR count). The third kappa shape index (κ3) is 3.25. The lowest BCUT2D eigenvalue weighted by molar-refractivity contribution is 0.460. The lowest BCUT2D eigenvalue weighted by atomic mass is 9.95. The Morgan fingerprint density at radius 3 is 2.53 bits per heavy atom. The van der Waals surface area contributed by atoms with E-state index in [9.17, 15) is 14.3 Å². The molecular formula is C22H20ClFN4O2. The monoisotopic (exact) mass is 426 g/mol. The van der Waals surface area contributed by atoms with Crippen molar-refractivity contribution in [3.8, 4) is 16.9 Å². The number of aromatic hydroxyl groups is 1. The molecule has 0 radical (unpaired) electrons. The summed E-state index contributed by atoms with van der Waals surface area (Å²) in [5, 5.41) is 20.4. The molecule has 0 aliphatic carbocycles. The van der Waals surface area contributed by atoms with Gasteiger partial charge < -0.3 is 5.11 Å². The van der Waals surface area contributed by atoms with E-state index in [0.717, 1.165) is 21.3 Å². The van der Waals surface area contributed by atoms with Crippen LogP contribution in [0.5, 0.6) is 5.75 Å². The van der Waals surface area contributed by atoms with Gasteiger partial charge in [0.1, 0.15) is 11.5 Å². The van der Waals surface area contributed by atoms with Crippen molar-refractivity contribution in [2.75, 3.05) is 0 Å². The summed E-state index contributed by atoms with van der Waals surface area (Å²) in [6.07, 6.45) is 0.833. The summed E-state index contributed by atoms with van der Waals surface area (Å²) in [4.78, 5) is 12.7. The maximum Gasteiger partial charge on any atom is 0.278 e. The van der Waals surface area contributed by atoms with Gasteiger partial charge in [0, 0.05) is 30.1 Å². The number of aryl methyl sites for hydroxylation is 4. The summed E-state index contributed by atoms with van der Waals surface area (Å²) in [6.45, 7) is 1.56. The van der Waals surface area contributed by atoms with Gasteiger partial charge in [-0.1, -0.05) is 29.8 Å². The van der Waals surface area contributed by atoms with E-state index in [2.05, 4.69) is 10.2 Å². The van der Waals surface area contributed by atoms with Gasteiger partial charge in [-0.3, -0.25) is 9.48 Å². The molecule has 2 aromatic carbocycles. The molecule has 0 aliphatic rings. The van der Waals surface area contributed by atoms with Gasteiger partial charge in [-0.25, -0.2) is 9.07 Å². The second-order valence-corrected chi connectivity index (χ2v) is 7.62. The van der Waals surface area contributed by atoms with Crippen molar-refractivity contribution in [3.05, 3.63) is 74.5 Å². The van der Waals surface area contributed by atoms with Gasteiger partial charge in [0.2, 0.25) is 0 Å². The molecule has 30 heavy (non-hydrogen) atoms. The highest BCUT2D eigenvalue weighted by Crippen LogP contribution is 2.36. The first-order valence-electron chi connectivity index (χ1n) is 9.44. The number of benzene rings is 2. The zero-order valence-corrected chi connectivity index (χ0v) is 17.5. The lowest BCUT2D eigenvalue weighted by Gasteiger charge is -2.15. The zero-order valence-electron chi connectivity index (χ0n) is 16.8. The van der Waals surface area contributed by atoms with Crippen LogP contribution in [0.2, 0.25) is 5.02 Å². The maximum atomic E-state index is 15.0. The van der Waals surface area contributed by atoms with Crippen molar-refractivity contribution in [1.29, 1.82) is 0 Å². The molecule has 154 valence electrons. The Bertz CT molecular complexity index is 1340. The average molecular weight is 427 g/mol. The van der Waals surface area contributed by atoms with Crippen molar-refractivity contribution >= 4 is 22.5 Å². The normalized spacial score (nSPS) is 11.4. The minimum atomic E-state index is -0.627. The fraction of sp³-hybridized carbons (Fsp3) is 0.227. The average Bonchev–Trinajstić information content (AvgIpc) is 3.04. The Balaban J connectivity index is 1.85. The highest BCUT2D eigenvalue weighted by atomic mass is 35.5. The van der Waals surface area contributed by atoms with Crippen LogP contribution in [-0.2, 0) is 26.9 Å². The summed E-state index contributed by atoms with van der Waals surface area (Å²) < 4.78 is 17.8. The Labute approximate surface area is 177 Å². The molecule has 0 fully saturated rings. The molecule has 8 heteroatoms. The number of fused-ring (bicyclic) bond motifs is 1. The van der Waals surface area contributed by atoms with Gasteiger partial charge >= 0.3 is 0 Å². The summed E-state index contributed by atoms with van der Waals surface area (Å²) in [5.41, 5.74) is 1.80. The molecule has 2 aromatic heterocycles. The largest absolute Gasteiger partial charge is 0.505 e. The smallest absolute Gasteiger partial charge is 0.278 e. The van der Waals surface area contributed by atoms with Gasteiger partial charge in [0.15, 0.2) is 5.75 Å². The number of nitrogens with zero attached hydrogens (tertiary/aromatic N) is 4. The lowest BCUT2D eigenvalue weighted by Crippen LogP contribution is -2.23. The molecule has 0 aliphatic heterocycles. The van der Waals surface area contributed by atoms with Gasteiger partial charge in [-0.2, -0.15) is 10.2 Å². The van der Waals surface area contributed by atoms with Crippen LogP contribution in [0, 0.1) is 12.7 Å². The van der Waals surface area contributed by atoms with E-state index in [1.165, 1.54) is 19.2 Å². The fourth-order valence-corrected chi connectivity index (χ4v) is 4.06. The Morgan fingerprint density at radius 2 is 1.77 bits per heavy atom. The third-order valence-electron chi connectivity index (χ3n) is 5.29. The molecule has 2 heterocycles. The molecule has 0 atom stereocenters. The van der Waals surface area contributed by atoms with E-state index in [1.807, 2.05) is 31.3 Å². The summed E-state index contributed by atoms with van der Waals surface area (Å²) in [6, 6.07) is 10.5. The van der Waals surface area contributed by atoms with Crippen LogP contribution in [0.3, 0.4) is 0 Å². The summed E-state index contributed by atoms with van der Waals surface area (Å²) in [7, 11) is 3.33. The summed E-state index contributed by atoms with van der Waals surface area (Å²) >= 11 is 6.43. The predicted octanol–water partition coefficient (Wildman–Crippen LogP) is 3.93. The van der Waals surface area contributed by atoms with E-state index >= 15 is 0 Å². The minimum Gasteiger partial charge on any atom is -0.505 e. The number of hydrogen-bond acceptors (Lipinski definition) is 4. The number of hydrogen-bond donors (Lipinski definition) is 1. The molecule has 0 spiro atoms. The van der Waals surface area contributed by atoms with Crippen molar-refractivity contribution < 1.29 is 9.50 Å². The summed E-state index contributed by atoms with van der Waals surface area (Å²) in [5.74, 6) is -0.970. The first-order valence-corrected chi connectivity index (χ1v) is 9.82. The highest BCUT2D eigenvalue weighted by molar-refractivity contribution is 6.31. The third-order valence-corrected chi connectivity index (χ3v) is 5.64. The van der Waals surface area contributed by atoms with Crippen LogP contribution in [0.4, 0.5) is 4.39 Å². The van der Waals surface area contributed by atoms with E-state index in [4.69, 9.17) is 11.6 Å². The molecule has 6 nitrogen and oxygen atoms in total. The molecule has 0 unspecified atom stereocenters. The van der Waals surface area contributed by atoms with Crippen LogP contribution >= 0.6 is 11.6 Å². The molecule has 1 N–H and O–H groups in total. The van der Waals surface area contributed by atoms with Gasteiger partial charge in [-0.15, -0.1) is 0 Å². The first-order chi connectivity index (χ1) is 14.3. The number of rotatable bonds is 4. The van der Waals surface area contributed by atoms with Gasteiger partial charge in [-0.05, 0) is 43.5 Å². The van der Waals surface area contributed by atoms with Crippen LogP contribution < -0.4 is 5.56 Å². The first kappa shape index (κ1) is 20.1. The van der Waals surface area contributed by atoms with E-state index < -0.39 is 11.4 Å². The van der Waals surface area contributed by atoms with Crippen LogP contribution in [-0.4, -0.2) is 24.7 Å². The quantitative estimate of drug-likeness (QED) is 0.536. The number of halogens is 2. The second-order valence-electron chi connectivity index (χ2n) is 7.21. The molecular weight excluding hydrogens is 407 g/mol. The van der Waals surface area contributed by atoms with Crippen molar-refractivity contribution in [2.24, 2.45) is 14.1 Å². The van der Waals surface area contributed by atoms with E-state index in [0.29, 0.717) is 23.4 Å². The molecule has 0 amide bonds. The van der Waals surface area contributed by atoms with Crippen molar-refractivity contribution in [1.82, 2.24) is 19.6 Å². The molecule has 0 bridgehead atoms. The standard InChI is InChI=1S/C22H20ClFN4O2/c1-12-21(29)20(22(30)28(3)25-12)19-13(15(23)9-10-16(19)24)8-11-17-14-6-4-5-7-18(14)27(2)26-17/h4-7,9-10,29H,8,11H2,1-3H3. The maximum absolute atomic E-state index is 15.0. The minimum absolute atomic E-state index is 0.00587. The SMILES string of the molecule is Cc1nn(C)c(=O)c(-c2c(F)ccc(Cl)c2CCc2nn(C)c3ccccc23)c1O. The highest BCUT2D eigenvalue weighted by Gasteiger charge is 2.23. The molecule has 4 aromatic rings. The van der Waals surface area contributed by atoms with Gasteiger partial charge in [0.25, 0.3) is 5.56 Å². The fourth-order valence-electron chi connectivity index (χ4n) is 3.81. The zero-order chi connectivity index (χ0) is 21.6. The molecule has 0 saturated heterocycles. The van der Waals surface area contributed by atoms with Gasteiger partial charge in [0.05, 0.1) is 16.8 Å². The number of aromatic nitrogens is 4. The van der Waals surface area contributed by atoms with Crippen molar-refractivity contribution in [3.63, 3.8) is 0 Å². The topological polar surface area (TPSA) is 72.9 Å². The van der Waals surface area contributed by atoms with Crippen molar-refractivity contribution in [2.45, 2.75) is 19.8 Å². The number of para-hydroxylation sites is 1. The second kappa shape index (κ2) is 7.57. The van der Waals surface area contributed by atoms with E-state index in [-0.39, 0.29) is 22.6 Å². The van der Waals surface area contributed by atoms with Crippen LogP contribution in [0.15, 0.2) is 41.2 Å². The Kier molecular flexibility index (Phi) is 5.07. The molecule has 0 saturated carbocycles. The predicted molar refractivity (Wildman–Crippen MR) is 114 cm³/mol. The van der Waals surface area contributed by atoms with Crippen LogP contribution in [0.25, 0.3) is 22.0 Å².